The average Bonchev–Trinajstić information content (AvgIpc) is 3.20. The number of imidazole rings is 1. The number of carboxylic acid groups (broad SMARTS) is 1. The molecule has 0 aliphatic rings. The fraction of sp³-hybridized carbons (Fsp3) is 0.316. The largest absolute Gasteiger partial charge is 0.522 e. The predicted molar refractivity (Wildman–Crippen MR) is 106 cm³/mol. The van der Waals surface area contributed by atoms with E-state index in [2.05, 4.69) is 25.0 Å². The minimum Gasteiger partial charge on any atom is -0.478 e. The van der Waals surface area contributed by atoms with E-state index < -0.39 is 43.1 Å². The lowest BCUT2D eigenvalue weighted by atomic mass is 10.3. The van der Waals surface area contributed by atoms with Gasteiger partial charge in [0.15, 0.2) is 5.82 Å². The molecular weight excluding hydrogens is 530 g/mol. The Balaban J connectivity index is 0.000000604. The number of halogens is 8. The molecule has 0 saturated carbocycles. The molecule has 3 aromatic heterocycles. The number of rotatable bonds is 7. The van der Waals surface area contributed by atoms with Gasteiger partial charge in [-0.25, -0.2) is 23.5 Å². The van der Waals surface area contributed by atoms with Crippen molar-refractivity contribution in [3.8, 4) is 5.88 Å². The number of nitrogens with one attached hydrogen (secondary N) is 1. The van der Waals surface area contributed by atoms with Crippen molar-refractivity contribution in [3.05, 3.63) is 47.7 Å². The fourth-order valence-corrected chi connectivity index (χ4v) is 2.49. The Hall–Kier alpha value is -4.09. The highest BCUT2D eigenvalue weighted by molar-refractivity contribution is 6.02. The van der Waals surface area contributed by atoms with Crippen molar-refractivity contribution >= 4 is 23.3 Å². The molecule has 3 heterocycles. The molecule has 3 rings (SSSR count). The average molecular weight is 545 g/mol. The molecule has 1 amide bonds. The first kappa shape index (κ1) is 29.1. The molecular formula is C19H15F8N5O5. The van der Waals surface area contributed by atoms with Gasteiger partial charge in [0.05, 0.1) is 25.6 Å². The number of aliphatic carboxylic acids is 1. The number of fused-ring (bicyclic) bond motifs is 1. The Morgan fingerprint density at radius 3 is 2.27 bits per heavy atom. The van der Waals surface area contributed by atoms with Gasteiger partial charge in [-0.05, 0) is 12.1 Å². The van der Waals surface area contributed by atoms with Crippen molar-refractivity contribution in [2.75, 3.05) is 19.0 Å². The van der Waals surface area contributed by atoms with E-state index in [0.29, 0.717) is 0 Å². The normalized spacial score (nSPS) is 11.7. The second kappa shape index (κ2) is 11.8. The summed E-state index contributed by atoms with van der Waals surface area (Å²) in [6.07, 6.45) is -10.0. The van der Waals surface area contributed by atoms with Gasteiger partial charge in [0.25, 0.3) is 18.2 Å². The molecule has 0 fully saturated rings. The van der Waals surface area contributed by atoms with Gasteiger partial charge >= 0.3 is 18.5 Å². The van der Waals surface area contributed by atoms with Crippen molar-refractivity contribution in [2.45, 2.75) is 25.4 Å². The smallest absolute Gasteiger partial charge is 0.478 e. The van der Waals surface area contributed by atoms with Crippen molar-refractivity contribution in [1.29, 1.82) is 0 Å². The maximum absolute atomic E-state index is 12.8. The van der Waals surface area contributed by atoms with Crippen LogP contribution in [0.5, 0.6) is 5.88 Å². The van der Waals surface area contributed by atoms with Crippen LogP contribution in [-0.4, -0.2) is 62.6 Å². The Morgan fingerprint density at radius 2 is 1.73 bits per heavy atom. The summed E-state index contributed by atoms with van der Waals surface area (Å²) in [5.74, 6) is -3.56. The zero-order valence-electron chi connectivity index (χ0n) is 18.3. The molecule has 2 N–H and O–H groups in total. The van der Waals surface area contributed by atoms with Crippen molar-refractivity contribution < 1.29 is 59.3 Å². The number of anilines is 1. The van der Waals surface area contributed by atoms with E-state index in [1.165, 1.54) is 36.0 Å². The molecule has 0 aliphatic carbocycles. The number of pyridine rings is 1. The van der Waals surface area contributed by atoms with Crippen LogP contribution in [0.1, 0.15) is 28.3 Å². The summed E-state index contributed by atoms with van der Waals surface area (Å²) in [4.78, 5) is 33.0. The molecule has 0 bridgehead atoms. The third-order valence-electron chi connectivity index (χ3n) is 3.99. The number of carboxylic acids is 1. The first-order chi connectivity index (χ1) is 17.1. The Labute approximate surface area is 200 Å². The standard InChI is InChI=1S/C17H14F5N5O3.C2HF3O2/c1-29-16-14-23-9(5-6-30-17(20,21)22)7-27(14)8-12(26-16)25-15(28)11-4-2-3-10(24-11)13(18)19;3-2(4,5)1(6)7/h2-4,7-8,13H,5-6H2,1H3,(H,25,28);(H,6,7). The third kappa shape index (κ3) is 8.81. The maximum atomic E-state index is 12.8. The minimum absolute atomic E-state index is 0.00919. The van der Waals surface area contributed by atoms with Crippen LogP contribution in [0.2, 0.25) is 0 Å². The molecule has 0 saturated heterocycles. The summed E-state index contributed by atoms with van der Waals surface area (Å²) < 4.78 is 104. The number of ether oxygens (including phenoxy) is 2. The molecule has 0 aliphatic heterocycles. The van der Waals surface area contributed by atoms with Gasteiger partial charge in [0, 0.05) is 12.6 Å². The Morgan fingerprint density at radius 1 is 1.08 bits per heavy atom. The maximum Gasteiger partial charge on any atom is 0.522 e. The van der Waals surface area contributed by atoms with Gasteiger partial charge in [-0.2, -0.15) is 18.2 Å². The molecule has 0 aromatic carbocycles. The van der Waals surface area contributed by atoms with E-state index >= 15 is 0 Å². The summed E-state index contributed by atoms with van der Waals surface area (Å²) in [6, 6.07) is 3.61. The molecule has 3 aromatic rings. The van der Waals surface area contributed by atoms with E-state index in [1.807, 2.05) is 0 Å². The Bertz CT molecular complexity index is 1250. The highest BCUT2D eigenvalue weighted by Crippen LogP contribution is 2.22. The van der Waals surface area contributed by atoms with Crippen LogP contribution in [0.15, 0.2) is 30.6 Å². The third-order valence-corrected chi connectivity index (χ3v) is 3.99. The highest BCUT2D eigenvalue weighted by Gasteiger charge is 2.38. The lowest BCUT2D eigenvalue weighted by molar-refractivity contribution is -0.324. The Kier molecular flexibility index (Phi) is 9.26. The summed E-state index contributed by atoms with van der Waals surface area (Å²) in [7, 11) is 1.29. The van der Waals surface area contributed by atoms with Crippen LogP contribution >= 0.6 is 0 Å². The SMILES string of the molecule is COc1nc(NC(=O)c2cccc(C(F)F)n2)cn2cc(CCOC(F)(F)F)nc12.O=C(O)C(F)(F)F. The first-order valence-corrected chi connectivity index (χ1v) is 9.60. The number of hydrogen-bond acceptors (Lipinski definition) is 7. The number of aromatic nitrogens is 4. The predicted octanol–water partition coefficient (Wildman–Crippen LogP) is 4.04. The van der Waals surface area contributed by atoms with E-state index in [-0.39, 0.29) is 35.2 Å². The number of alkyl halides is 8. The fourth-order valence-electron chi connectivity index (χ4n) is 2.49. The van der Waals surface area contributed by atoms with Gasteiger partial charge in [0.1, 0.15) is 11.4 Å². The molecule has 202 valence electrons. The second-order valence-corrected chi connectivity index (χ2v) is 6.65. The quantitative estimate of drug-likeness (QED) is 0.426. The van der Waals surface area contributed by atoms with Crippen LogP contribution in [0.3, 0.4) is 0 Å². The first-order valence-electron chi connectivity index (χ1n) is 9.60. The van der Waals surface area contributed by atoms with E-state index in [0.717, 1.165) is 6.07 Å². The van der Waals surface area contributed by atoms with E-state index in [1.54, 1.807) is 0 Å². The van der Waals surface area contributed by atoms with Crippen LogP contribution in [0.25, 0.3) is 5.65 Å². The van der Waals surface area contributed by atoms with Gasteiger partial charge < -0.3 is 15.2 Å². The number of hydrogen-bond donors (Lipinski definition) is 2. The number of carbonyl (C=O) groups excluding carboxylic acids is 1. The zero-order chi connectivity index (χ0) is 28.0. The summed E-state index contributed by atoms with van der Waals surface area (Å²) in [6.45, 7) is -0.626. The van der Waals surface area contributed by atoms with Gasteiger partial charge in [0.2, 0.25) is 5.65 Å². The number of methoxy groups -OCH3 is 1. The van der Waals surface area contributed by atoms with E-state index in [9.17, 15) is 39.9 Å². The van der Waals surface area contributed by atoms with Gasteiger partial charge in [-0.15, -0.1) is 13.2 Å². The topological polar surface area (TPSA) is 128 Å². The molecule has 0 unspecified atom stereocenters. The molecule has 37 heavy (non-hydrogen) atoms. The molecule has 0 radical (unpaired) electrons. The number of carbonyl (C=O) groups is 2. The second-order valence-electron chi connectivity index (χ2n) is 6.65. The summed E-state index contributed by atoms with van der Waals surface area (Å²) in [5, 5.41) is 9.53. The zero-order valence-corrected chi connectivity index (χ0v) is 18.3. The molecule has 10 nitrogen and oxygen atoms in total. The lowest BCUT2D eigenvalue weighted by Crippen LogP contribution is -2.21. The van der Waals surface area contributed by atoms with Crippen LogP contribution in [0, 0.1) is 0 Å². The van der Waals surface area contributed by atoms with E-state index in [4.69, 9.17) is 14.6 Å². The molecule has 18 heteroatoms. The minimum atomic E-state index is -5.08. The summed E-state index contributed by atoms with van der Waals surface area (Å²) in [5.41, 5.74) is -0.322. The van der Waals surface area contributed by atoms with Crippen LogP contribution in [-0.2, 0) is 16.0 Å². The highest BCUT2D eigenvalue weighted by atomic mass is 19.4. The molecule has 0 atom stereocenters. The lowest BCUT2D eigenvalue weighted by Gasteiger charge is -2.08. The van der Waals surface area contributed by atoms with Crippen molar-refractivity contribution in [2.24, 2.45) is 0 Å². The summed E-state index contributed by atoms with van der Waals surface area (Å²) >= 11 is 0. The molecule has 0 spiro atoms. The van der Waals surface area contributed by atoms with Gasteiger partial charge in [-0.1, -0.05) is 6.07 Å². The van der Waals surface area contributed by atoms with Crippen LogP contribution in [0.4, 0.5) is 40.9 Å². The number of nitrogens with zero attached hydrogens (tertiary/aromatic N) is 4. The number of amides is 1. The monoisotopic (exact) mass is 545 g/mol. The van der Waals surface area contributed by atoms with Crippen molar-refractivity contribution in [3.63, 3.8) is 0 Å². The van der Waals surface area contributed by atoms with Gasteiger partial charge in [-0.3, -0.25) is 13.9 Å². The van der Waals surface area contributed by atoms with Crippen LogP contribution < -0.4 is 10.1 Å². The van der Waals surface area contributed by atoms with Crippen molar-refractivity contribution in [1.82, 2.24) is 19.4 Å².